The monoisotopic (exact) mass is 340 g/mol. The number of carbonyl (C=O) groups excluding carboxylic acids is 1. The number of non-ortho nitro benzene ring substituents is 1. The standard InChI is InChI=1S/C13H9ClN2O5S/c1-8-5-9(6-12(14)13(8)17)15-22(20,21)11-4-2-3-10(7-11)16(18)19/h2-7H,1H3/b15-9+. The molecule has 0 fully saturated rings. The summed E-state index contributed by atoms with van der Waals surface area (Å²) < 4.78 is 27.9. The lowest BCUT2D eigenvalue weighted by molar-refractivity contribution is -0.385. The van der Waals surface area contributed by atoms with Crippen molar-refractivity contribution < 1.29 is 18.1 Å². The first-order valence-electron chi connectivity index (χ1n) is 5.90. The molecule has 22 heavy (non-hydrogen) atoms. The van der Waals surface area contributed by atoms with Gasteiger partial charge in [-0.1, -0.05) is 17.7 Å². The van der Waals surface area contributed by atoms with Gasteiger partial charge in [0.1, 0.15) is 0 Å². The van der Waals surface area contributed by atoms with Crippen molar-refractivity contribution in [1.82, 2.24) is 0 Å². The van der Waals surface area contributed by atoms with Gasteiger partial charge in [-0.25, -0.2) is 0 Å². The molecule has 2 rings (SSSR count). The Morgan fingerprint density at radius 3 is 2.55 bits per heavy atom. The number of sulfonamides is 1. The van der Waals surface area contributed by atoms with Crippen LogP contribution in [0.25, 0.3) is 0 Å². The lowest BCUT2D eigenvalue weighted by atomic mass is 10.1. The third-order valence-corrected chi connectivity index (χ3v) is 4.35. The molecule has 1 aromatic rings. The van der Waals surface area contributed by atoms with E-state index in [1.54, 1.807) is 0 Å². The number of hydrogen-bond donors (Lipinski definition) is 0. The molecule has 9 heteroatoms. The van der Waals surface area contributed by atoms with Gasteiger partial charge in [0.25, 0.3) is 15.7 Å². The Labute approximate surface area is 130 Å². The van der Waals surface area contributed by atoms with Gasteiger partial charge >= 0.3 is 0 Å². The molecule has 0 saturated heterocycles. The summed E-state index contributed by atoms with van der Waals surface area (Å²) in [7, 11) is -4.16. The average Bonchev–Trinajstić information content (AvgIpc) is 2.44. The average molecular weight is 341 g/mol. The number of carbonyl (C=O) groups is 1. The van der Waals surface area contributed by atoms with E-state index in [2.05, 4.69) is 4.40 Å². The molecule has 1 aliphatic carbocycles. The molecule has 0 spiro atoms. The molecule has 1 aliphatic rings. The first kappa shape index (κ1) is 16.1. The zero-order chi connectivity index (χ0) is 16.5. The molecule has 0 amide bonds. The Hall–Kier alpha value is -2.32. The van der Waals surface area contributed by atoms with Crippen LogP contribution in [0, 0.1) is 10.1 Å². The quantitative estimate of drug-likeness (QED) is 0.477. The van der Waals surface area contributed by atoms with E-state index in [-0.39, 0.29) is 26.9 Å². The SMILES string of the molecule is CC1=C/C(=N\S(=O)(=O)c2cccc([N+](=O)[O-])c2)C=C(Cl)C1=O. The molecule has 0 saturated carbocycles. The van der Waals surface area contributed by atoms with Crippen molar-refractivity contribution in [2.75, 3.05) is 0 Å². The van der Waals surface area contributed by atoms with Crippen LogP contribution in [-0.2, 0) is 14.8 Å². The van der Waals surface area contributed by atoms with Gasteiger partial charge in [0.15, 0.2) is 5.78 Å². The minimum Gasteiger partial charge on any atom is -0.288 e. The first-order chi connectivity index (χ1) is 10.2. The predicted octanol–water partition coefficient (Wildman–Crippen LogP) is 2.38. The highest BCUT2D eigenvalue weighted by atomic mass is 35.5. The van der Waals surface area contributed by atoms with Crippen LogP contribution in [0.3, 0.4) is 0 Å². The molecule has 0 radical (unpaired) electrons. The molecule has 114 valence electrons. The molecule has 1 aromatic carbocycles. The first-order valence-corrected chi connectivity index (χ1v) is 7.72. The summed E-state index contributed by atoms with van der Waals surface area (Å²) in [6.45, 7) is 1.48. The van der Waals surface area contributed by atoms with Crippen LogP contribution < -0.4 is 0 Å². The van der Waals surface area contributed by atoms with Crippen LogP contribution in [0.15, 0.2) is 56.3 Å². The third kappa shape index (κ3) is 3.29. The van der Waals surface area contributed by atoms with E-state index < -0.39 is 20.7 Å². The van der Waals surface area contributed by atoms with Crippen LogP contribution in [0.2, 0.25) is 0 Å². The Kier molecular flexibility index (Phi) is 4.25. The van der Waals surface area contributed by atoms with E-state index in [1.165, 1.54) is 31.2 Å². The predicted molar refractivity (Wildman–Crippen MR) is 80.4 cm³/mol. The number of ketones is 1. The molecule has 7 nitrogen and oxygen atoms in total. The van der Waals surface area contributed by atoms with Crippen molar-refractivity contribution in [3.8, 4) is 0 Å². The van der Waals surface area contributed by atoms with E-state index in [0.717, 1.165) is 12.1 Å². The topological polar surface area (TPSA) is 107 Å². The van der Waals surface area contributed by atoms with E-state index in [0.29, 0.717) is 0 Å². The zero-order valence-electron chi connectivity index (χ0n) is 11.2. The van der Waals surface area contributed by atoms with Gasteiger partial charge in [-0.15, -0.1) is 0 Å². The number of rotatable bonds is 3. The van der Waals surface area contributed by atoms with Crippen LogP contribution in [0.4, 0.5) is 5.69 Å². The number of allylic oxidation sites excluding steroid dienone is 4. The normalized spacial score (nSPS) is 17.2. The van der Waals surface area contributed by atoms with Gasteiger partial charge in [-0.3, -0.25) is 14.9 Å². The molecule has 0 unspecified atom stereocenters. The minimum atomic E-state index is -4.16. The summed E-state index contributed by atoms with van der Waals surface area (Å²) in [5, 5.41) is 10.5. The molecule has 0 aliphatic heterocycles. The van der Waals surface area contributed by atoms with E-state index in [9.17, 15) is 23.3 Å². The number of halogens is 1. The summed E-state index contributed by atoms with van der Waals surface area (Å²) in [6.07, 6.45) is 2.41. The van der Waals surface area contributed by atoms with Crippen LogP contribution in [0.5, 0.6) is 0 Å². The Morgan fingerprint density at radius 1 is 1.27 bits per heavy atom. The molecular formula is C13H9ClN2O5S. The Balaban J connectivity index is 2.48. The largest absolute Gasteiger partial charge is 0.288 e. The Morgan fingerprint density at radius 2 is 1.95 bits per heavy atom. The van der Waals surface area contributed by atoms with Crippen LogP contribution in [0.1, 0.15) is 6.92 Å². The lowest BCUT2D eigenvalue weighted by Gasteiger charge is -2.07. The number of hydrogen-bond acceptors (Lipinski definition) is 5. The highest BCUT2D eigenvalue weighted by Crippen LogP contribution is 2.21. The summed E-state index contributed by atoms with van der Waals surface area (Å²) in [6, 6.07) is 4.53. The second kappa shape index (κ2) is 5.82. The number of nitrogens with zero attached hydrogens (tertiary/aromatic N) is 2. The van der Waals surface area contributed by atoms with Gasteiger partial charge in [0.05, 0.1) is 20.6 Å². The van der Waals surface area contributed by atoms with Gasteiger partial charge in [-0.2, -0.15) is 12.8 Å². The van der Waals surface area contributed by atoms with Crippen molar-refractivity contribution in [2.45, 2.75) is 11.8 Å². The fourth-order valence-electron chi connectivity index (χ4n) is 1.71. The van der Waals surface area contributed by atoms with Crippen molar-refractivity contribution >= 4 is 38.8 Å². The molecule has 0 heterocycles. The van der Waals surface area contributed by atoms with E-state index in [4.69, 9.17) is 11.6 Å². The van der Waals surface area contributed by atoms with Crippen molar-refractivity contribution in [2.24, 2.45) is 4.40 Å². The summed E-state index contributed by atoms with van der Waals surface area (Å²) in [5.74, 6) is -0.409. The number of nitro benzene ring substituents is 1. The second-order valence-electron chi connectivity index (χ2n) is 4.39. The molecular weight excluding hydrogens is 332 g/mol. The Bertz CT molecular complexity index is 844. The molecule has 0 aromatic heterocycles. The summed E-state index contributed by atoms with van der Waals surface area (Å²) in [4.78, 5) is 21.2. The van der Waals surface area contributed by atoms with Gasteiger partial charge in [0.2, 0.25) is 0 Å². The van der Waals surface area contributed by atoms with Crippen molar-refractivity contribution in [1.29, 1.82) is 0 Å². The smallest absolute Gasteiger partial charge is 0.283 e. The number of benzene rings is 1. The second-order valence-corrected chi connectivity index (χ2v) is 6.41. The highest BCUT2D eigenvalue weighted by Gasteiger charge is 2.20. The molecule has 0 atom stereocenters. The van der Waals surface area contributed by atoms with Gasteiger partial charge < -0.3 is 0 Å². The third-order valence-electron chi connectivity index (χ3n) is 2.77. The lowest BCUT2D eigenvalue weighted by Crippen LogP contribution is -2.11. The van der Waals surface area contributed by atoms with Crippen molar-refractivity contribution in [3.05, 3.63) is 57.1 Å². The molecule has 0 N–H and O–H groups in total. The van der Waals surface area contributed by atoms with Gasteiger partial charge in [0, 0.05) is 17.7 Å². The highest BCUT2D eigenvalue weighted by molar-refractivity contribution is 7.90. The minimum absolute atomic E-state index is 0.0198. The molecule has 0 bridgehead atoms. The van der Waals surface area contributed by atoms with E-state index >= 15 is 0 Å². The van der Waals surface area contributed by atoms with Crippen LogP contribution in [-0.4, -0.2) is 24.8 Å². The maximum absolute atomic E-state index is 12.2. The van der Waals surface area contributed by atoms with Gasteiger partial charge in [-0.05, 0) is 25.1 Å². The van der Waals surface area contributed by atoms with Crippen molar-refractivity contribution in [3.63, 3.8) is 0 Å². The fourth-order valence-corrected chi connectivity index (χ4v) is 2.98. The van der Waals surface area contributed by atoms with Crippen LogP contribution >= 0.6 is 11.6 Å². The number of nitro groups is 1. The maximum atomic E-state index is 12.2. The van der Waals surface area contributed by atoms with E-state index in [1.807, 2.05) is 0 Å². The summed E-state index contributed by atoms with van der Waals surface area (Å²) in [5.41, 5.74) is -0.130. The zero-order valence-corrected chi connectivity index (χ0v) is 12.8. The number of Topliss-reactive ketones (excluding diaryl/α,β-unsaturated/α-hetero) is 1. The fraction of sp³-hybridized carbons (Fsp3) is 0.0769. The maximum Gasteiger partial charge on any atom is 0.283 e. The summed E-state index contributed by atoms with van der Waals surface area (Å²) >= 11 is 5.70.